The maximum absolute atomic E-state index is 12.4. The molecule has 10 heteroatoms. The number of aromatic nitrogens is 1. The maximum atomic E-state index is 12.4. The van der Waals surface area contributed by atoms with Crippen LogP contribution >= 0.6 is 11.3 Å². The fraction of sp³-hybridized carbons (Fsp3) is 0.227. The Kier molecular flexibility index (Phi) is 7.07. The summed E-state index contributed by atoms with van der Waals surface area (Å²) in [5, 5.41) is 10.4. The van der Waals surface area contributed by atoms with Crippen LogP contribution in [0, 0.1) is 20.8 Å². The summed E-state index contributed by atoms with van der Waals surface area (Å²) in [5.74, 6) is -0.885. The van der Waals surface area contributed by atoms with E-state index in [0.717, 1.165) is 16.8 Å². The Morgan fingerprint density at radius 3 is 2.53 bits per heavy atom. The summed E-state index contributed by atoms with van der Waals surface area (Å²) >= 11 is 1.29. The van der Waals surface area contributed by atoms with Crippen LogP contribution in [0.2, 0.25) is 0 Å². The van der Waals surface area contributed by atoms with Crippen molar-refractivity contribution in [2.24, 2.45) is 5.14 Å². The first-order valence-electron chi connectivity index (χ1n) is 9.64. The average Bonchev–Trinajstić information content (AvgIpc) is 3.15. The molecule has 0 aliphatic carbocycles. The first-order chi connectivity index (χ1) is 15.0. The van der Waals surface area contributed by atoms with E-state index >= 15 is 0 Å². The third-order valence-corrected chi connectivity index (χ3v) is 6.61. The number of carbonyl (C=O) groups is 2. The van der Waals surface area contributed by atoms with Crippen molar-refractivity contribution in [2.45, 2.75) is 38.7 Å². The van der Waals surface area contributed by atoms with Gasteiger partial charge in [-0.2, -0.15) is 0 Å². The first kappa shape index (κ1) is 23.6. The van der Waals surface area contributed by atoms with Gasteiger partial charge in [0.2, 0.25) is 15.9 Å². The van der Waals surface area contributed by atoms with Gasteiger partial charge in [-0.05, 0) is 55.7 Å². The molecule has 32 heavy (non-hydrogen) atoms. The number of anilines is 1. The molecule has 0 radical (unpaired) electrons. The van der Waals surface area contributed by atoms with Gasteiger partial charge in [0.25, 0.3) is 0 Å². The molecule has 0 aliphatic rings. The third kappa shape index (κ3) is 6.00. The van der Waals surface area contributed by atoms with Crippen molar-refractivity contribution in [1.82, 2.24) is 4.98 Å². The smallest absolute Gasteiger partial charge is 0.338 e. The molecule has 1 heterocycles. The van der Waals surface area contributed by atoms with Crippen molar-refractivity contribution in [3.8, 4) is 0 Å². The minimum Gasteiger partial charge on any atom is -0.456 e. The number of benzene rings is 2. The van der Waals surface area contributed by atoms with Gasteiger partial charge >= 0.3 is 5.97 Å². The Balaban J connectivity index is 1.59. The molecule has 0 spiro atoms. The monoisotopic (exact) mass is 473 g/mol. The van der Waals surface area contributed by atoms with Gasteiger partial charge in [-0.1, -0.05) is 18.2 Å². The van der Waals surface area contributed by atoms with Gasteiger partial charge in [0.15, 0.2) is 0 Å². The molecule has 0 saturated heterocycles. The summed E-state index contributed by atoms with van der Waals surface area (Å²) in [6, 6.07) is 9.98. The van der Waals surface area contributed by atoms with Crippen LogP contribution in [0.15, 0.2) is 46.7 Å². The number of rotatable bonds is 7. The zero-order chi connectivity index (χ0) is 23.5. The van der Waals surface area contributed by atoms with Gasteiger partial charge in [0.1, 0.15) is 11.6 Å². The second kappa shape index (κ2) is 9.60. The van der Waals surface area contributed by atoms with E-state index in [1.165, 1.54) is 29.5 Å². The second-order valence-corrected chi connectivity index (χ2v) is 9.85. The normalized spacial score (nSPS) is 11.2. The molecule has 2 aromatic carbocycles. The fourth-order valence-corrected chi connectivity index (χ4v) is 4.54. The lowest BCUT2D eigenvalue weighted by molar-refractivity contribution is -0.115. The Morgan fingerprint density at radius 1 is 1.09 bits per heavy atom. The Hall–Kier alpha value is -3.08. The third-order valence-electron chi connectivity index (χ3n) is 4.66. The van der Waals surface area contributed by atoms with Crippen molar-refractivity contribution >= 4 is 38.9 Å². The molecule has 0 bridgehead atoms. The van der Waals surface area contributed by atoms with Crippen molar-refractivity contribution in [3.63, 3.8) is 0 Å². The quantitative estimate of drug-likeness (QED) is 0.507. The van der Waals surface area contributed by atoms with E-state index in [-0.39, 0.29) is 29.4 Å². The van der Waals surface area contributed by atoms with Gasteiger partial charge in [-0.15, -0.1) is 11.3 Å². The molecular formula is C22H23N3O5S2. The SMILES string of the molecule is Cc1ccc(C)c(NC(=O)Cc2nc(COC(=O)c3ccc(C)c(S(N)(=O)=O)c3)cs2)c1. The summed E-state index contributed by atoms with van der Waals surface area (Å²) in [6.45, 7) is 5.36. The van der Waals surface area contributed by atoms with Gasteiger partial charge in [0.05, 0.1) is 22.6 Å². The number of primary sulfonamides is 1. The number of hydrogen-bond donors (Lipinski definition) is 2. The van der Waals surface area contributed by atoms with Gasteiger partial charge < -0.3 is 10.1 Å². The van der Waals surface area contributed by atoms with Crippen LogP contribution in [0.5, 0.6) is 0 Å². The van der Waals surface area contributed by atoms with Crippen LogP contribution in [0.3, 0.4) is 0 Å². The van der Waals surface area contributed by atoms with Crippen molar-refractivity contribution in [3.05, 3.63) is 74.7 Å². The standard InChI is InChI=1S/C22H23N3O5S2/c1-13-4-5-14(2)18(8-13)25-20(26)10-21-24-17(12-31-21)11-30-22(27)16-7-6-15(3)19(9-16)32(23,28)29/h4-9,12H,10-11H2,1-3H3,(H,25,26)(H2,23,28,29). The van der Waals surface area contributed by atoms with Crippen LogP contribution < -0.4 is 10.5 Å². The number of esters is 1. The lowest BCUT2D eigenvalue weighted by Crippen LogP contribution is -2.15. The highest BCUT2D eigenvalue weighted by molar-refractivity contribution is 7.89. The summed E-state index contributed by atoms with van der Waals surface area (Å²) < 4.78 is 28.5. The van der Waals surface area contributed by atoms with E-state index in [9.17, 15) is 18.0 Å². The predicted molar refractivity (Wildman–Crippen MR) is 122 cm³/mol. The number of hydrogen-bond acceptors (Lipinski definition) is 7. The molecule has 168 valence electrons. The molecule has 0 atom stereocenters. The van der Waals surface area contributed by atoms with Crippen LogP contribution in [0.4, 0.5) is 5.69 Å². The fourth-order valence-electron chi connectivity index (χ4n) is 2.96. The lowest BCUT2D eigenvalue weighted by atomic mass is 10.1. The highest BCUT2D eigenvalue weighted by atomic mass is 32.2. The van der Waals surface area contributed by atoms with Crippen LogP contribution in [0.1, 0.15) is 37.7 Å². The molecule has 0 saturated carbocycles. The molecular weight excluding hydrogens is 450 g/mol. The van der Waals surface area contributed by atoms with Crippen LogP contribution in [-0.2, 0) is 32.6 Å². The van der Waals surface area contributed by atoms with Gasteiger partial charge in [0, 0.05) is 11.1 Å². The van der Waals surface area contributed by atoms with Crippen molar-refractivity contribution in [2.75, 3.05) is 5.32 Å². The van der Waals surface area contributed by atoms with E-state index in [4.69, 9.17) is 9.88 Å². The molecule has 0 unspecified atom stereocenters. The summed E-state index contributed by atoms with van der Waals surface area (Å²) in [4.78, 5) is 28.9. The van der Waals surface area contributed by atoms with Gasteiger partial charge in [-0.3, -0.25) is 4.79 Å². The molecule has 3 aromatic rings. The number of sulfonamides is 1. The molecule has 8 nitrogen and oxygen atoms in total. The topological polar surface area (TPSA) is 128 Å². The van der Waals surface area contributed by atoms with Crippen LogP contribution in [-0.4, -0.2) is 25.3 Å². The number of nitrogens with two attached hydrogens (primary N) is 1. The molecule has 0 aliphatic heterocycles. The summed E-state index contributed by atoms with van der Waals surface area (Å²) in [7, 11) is -3.95. The minimum atomic E-state index is -3.95. The number of ether oxygens (including phenoxy) is 1. The van der Waals surface area contributed by atoms with Crippen molar-refractivity contribution in [1.29, 1.82) is 0 Å². The molecule has 1 aromatic heterocycles. The summed E-state index contributed by atoms with van der Waals surface area (Å²) in [5.41, 5.74) is 3.79. The number of aryl methyl sites for hydroxylation is 3. The maximum Gasteiger partial charge on any atom is 0.338 e. The first-order valence-corrected chi connectivity index (χ1v) is 12.1. The zero-order valence-corrected chi connectivity index (χ0v) is 19.5. The summed E-state index contributed by atoms with van der Waals surface area (Å²) in [6.07, 6.45) is 0.0989. The van der Waals surface area contributed by atoms with Crippen molar-refractivity contribution < 1.29 is 22.7 Å². The molecule has 3 N–H and O–H groups in total. The Morgan fingerprint density at radius 2 is 1.81 bits per heavy atom. The highest BCUT2D eigenvalue weighted by Gasteiger charge is 2.17. The molecule has 3 rings (SSSR count). The van der Waals surface area contributed by atoms with E-state index < -0.39 is 16.0 Å². The molecule has 0 fully saturated rings. The van der Waals surface area contributed by atoms with E-state index in [0.29, 0.717) is 16.3 Å². The van der Waals surface area contributed by atoms with E-state index in [2.05, 4.69) is 10.3 Å². The van der Waals surface area contributed by atoms with E-state index in [1.54, 1.807) is 12.3 Å². The number of carbonyl (C=O) groups excluding carboxylic acids is 2. The number of nitrogens with one attached hydrogen (secondary N) is 1. The van der Waals surface area contributed by atoms with Gasteiger partial charge in [-0.25, -0.2) is 23.3 Å². The second-order valence-electron chi connectivity index (χ2n) is 7.38. The predicted octanol–water partition coefficient (Wildman–Crippen LogP) is 3.25. The Labute approximate surface area is 190 Å². The number of amides is 1. The largest absolute Gasteiger partial charge is 0.456 e. The zero-order valence-electron chi connectivity index (χ0n) is 17.8. The Bertz CT molecular complexity index is 1280. The van der Waals surface area contributed by atoms with Crippen LogP contribution in [0.25, 0.3) is 0 Å². The van der Waals surface area contributed by atoms with E-state index in [1.807, 2.05) is 32.0 Å². The molecule has 1 amide bonds. The minimum absolute atomic E-state index is 0.0722. The lowest BCUT2D eigenvalue weighted by Gasteiger charge is -2.08. The number of thiazole rings is 1. The average molecular weight is 474 g/mol. The number of nitrogens with zero attached hydrogens (tertiary/aromatic N) is 1. The highest BCUT2D eigenvalue weighted by Crippen LogP contribution is 2.19.